The van der Waals surface area contributed by atoms with Crippen molar-refractivity contribution in [1.82, 2.24) is 20.6 Å². The average Bonchev–Trinajstić information content (AvgIpc) is 3.52. The van der Waals surface area contributed by atoms with Crippen molar-refractivity contribution < 1.29 is 35.6 Å². The predicted octanol–water partition coefficient (Wildman–Crippen LogP) is 3.30. The van der Waals surface area contributed by atoms with Crippen LogP contribution in [0, 0.1) is 5.95 Å². The predicted molar refractivity (Wildman–Crippen MR) is 124 cm³/mol. The second-order valence-electron chi connectivity index (χ2n) is 8.28. The summed E-state index contributed by atoms with van der Waals surface area (Å²) in [4.78, 5) is 32.6. The van der Waals surface area contributed by atoms with Crippen molar-refractivity contribution in [2.24, 2.45) is 0 Å². The van der Waals surface area contributed by atoms with Gasteiger partial charge in [0.05, 0.1) is 28.9 Å². The summed E-state index contributed by atoms with van der Waals surface area (Å²) in [5.74, 6) is -3.64. The number of halogens is 4. The van der Waals surface area contributed by atoms with Crippen LogP contribution in [0.3, 0.4) is 0 Å². The molecule has 1 aliphatic carbocycles. The molecule has 2 N–H and O–H groups in total. The molecule has 192 valence electrons. The first-order valence-electron chi connectivity index (χ1n) is 10.8. The monoisotopic (exact) mass is 544 g/mol. The summed E-state index contributed by atoms with van der Waals surface area (Å²) in [7, 11) is -4.65. The molecular weight excluding hydrogens is 524 g/mol. The number of rotatable bonds is 9. The van der Waals surface area contributed by atoms with E-state index >= 15 is 0 Å². The Labute approximate surface area is 207 Å². The van der Waals surface area contributed by atoms with Gasteiger partial charge in [-0.05, 0) is 42.7 Å². The van der Waals surface area contributed by atoms with Gasteiger partial charge in [0.25, 0.3) is 0 Å². The van der Waals surface area contributed by atoms with Crippen LogP contribution in [-0.4, -0.2) is 54.7 Å². The molecule has 2 amide bonds. The number of pyridine rings is 1. The second kappa shape index (κ2) is 10.1. The number of hydrogen-bond acceptors (Lipinski definition) is 7. The number of nitrogens with zero attached hydrogens (tertiary/aromatic N) is 2. The summed E-state index contributed by atoms with van der Waals surface area (Å²) < 4.78 is 77.8. The first kappa shape index (κ1) is 25.9. The molecule has 0 aliphatic heterocycles. The normalized spacial score (nSPS) is 15.0. The van der Waals surface area contributed by atoms with Gasteiger partial charge in [-0.2, -0.15) is 17.6 Å². The molecule has 1 aliphatic rings. The summed E-state index contributed by atoms with van der Waals surface area (Å²) in [5, 5.41) is 2.59. The first-order valence-corrected chi connectivity index (χ1v) is 13.3. The van der Waals surface area contributed by atoms with Crippen molar-refractivity contribution in [3.05, 3.63) is 47.5 Å². The number of benzene rings is 1. The molecule has 14 heteroatoms. The van der Waals surface area contributed by atoms with Crippen LogP contribution in [0.2, 0.25) is 0 Å². The summed E-state index contributed by atoms with van der Waals surface area (Å²) in [6.07, 6.45) is -3.47. The third kappa shape index (κ3) is 6.55. The van der Waals surface area contributed by atoms with Gasteiger partial charge in [0.1, 0.15) is 5.01 Å². The number of alkyl halides is 3. The van der Waals surface area contributed by atoms with Gasteiger partial charge >= 0.3 is 6.18 Å². The lowest BCUT2D eigenvalue weighted by molar-refractivity contribution is -0.130. The van der Waals surface area contributed by atoms with Gasteiger partial charge in [0, 0.05) is 17.8 Å². The van der Waals surface area contributed by atoms with Crippen molar-refractivity contribution in [1.29, 1.82) is 0 Å². The maximum absolute atomic E-state index is 13.1. The van der Waals surface area contributed by atoms with E-state index in [0.29, 0.717) is 21.3 Å². The molecule has 1 unspecified atom stereocenters. The summed E-state index contributed by atoms with van der Waals surface area (Å²) in [6, 6.07) is 7.50. The molecule has 1 atom stereocenters. The van der Waals surface area contributed by atoms with Gasteiger partial charge in [-0.3, -0.25) is 9.59 Å². The third-order valence-electron chi connectivity index (χ3n) is 5.32. The fourth-order valence-corrected chi connectivity index (χ4v) is 6.39. The molecule has 1 aromatic carbocycles. The van der Waals surface area contributed by atoms with Gasteiger partial charge in [-0.15, -0.1) is 11.3 Å². The van der Waals surface area contributed by atoms with Crippen LogP contribution in [-0.2, 0) is 19.4 Å². The van der Waals surface area contributed by atoms with Crippen LogP contribution >= 0.6 is 11.3 Å². The Morgan fingerprint density at radius 1 is 1.14 bits per heavy atom. The van der Waals surface area contributed by atoms with Crippen LogP contribution in [0.25, 0.3) is 21.3 Å². The number of sulfone groups is 1. The number of aromatic nitrogens is 2. The van der Waals surface area contributed by atoms with Crippen molar-refractivity contribution in [2.75, 3.05) is 12.3 Å². The minimum Gasteiger partial charge on any atom is -0.352 e. The van der Waals surface area contributed by atoms with E-state index in [0.717, 1.165) is 24.2 Å². The average molecular weight is 545 g/mol. The summed E-state index contributed by atoms with van der Waals surface area (Å²) in [6.45, 7) is -0.521. The number of carbonyl (C=O) groups excluding carboxylic acids is 2. The molecular formula is C22H20F4N4O4S2. The molecule has 1 saturated carbocycles. The largest absolute Gasteiger partial charge is 0.390 e. The second-order valence-corrected chi connectivity index (χ2v) is 11.5. The van der Waals surface area contributed by atoms with Gasteiger partial charge in [-0.25, -0.2) is 18.4 Å². The Morgan fingerprint density at radius 3 is 2.50 bits per heavy atom. The Hall–Kier alpha value is -3.13. The van der Waals surface area contributed by atoms with Crippen LogP contribution in [0.4, 0.5) is 17.6 Å². The topological polar surface area (TPSA) is 118 Å². The zero-order valence-electron chi connectivity index (χ0n) is 18.5. The molecule has 0 spiro atoms. The molecule has 0 radical (unpaired) electrons. The van der Waals surface area contributed by atoms with Gasteiger partial charge in [-0.1, -0.05) is 6.07 Å². The molecule has 36 heavy (non-hydrogen) atoms. The minimum atomic E-state index is -4.75. The van der Waals surface area contributed by atoms with Crippen LogP contribution < -0.4 is 10.6 Å². The highest BCUT2D eigenvalue weighted by molar-refractivity contribution is 7.92. The van der Waals surface area contributed by atoms with E-state index in [2.05, 4.69) is 20.6 Å². The van der Waals surface area contributed by atoms with Crippen molar-refractivity contribution in [2.45, 2.75) is 36.7 Å². The molecule has 4 rings (SSSR count). The molecule has 1 fully saturated rings. The molecule has 2 heterocycles. The van der Waals surface area contributed by atoms with E-state index in [1.165, 1.54) is 18.3 Å². The third-order valence-corrected chi connectivity index (χ3v) is 8.50. The number of thiazole rings is 1. The molecule has 2 aromatic heterocycles. The number of carbonyl (C=O) groups is 2. The summed E-state index contributed by atoms with van der Waals surface area (Å²) in [5.41, 5.74) is 1.44. The Balaban J connectivity index is 1.63. The van der Waals surface area contributed by atoms with E-state index in [1.54, 1.807) is 18.2 Å². The SMILES string of the molecule is O=C(CNC(=O)C(c1nc2cc(-c3ccc(F)nc3)ccc2s1)S(=O)(=O)CCC(F)(F)F)NC1CC1. The zero-order valence-corrected chi connectivity index (χ0v) is 20.1. The highest BCUT2D eigenvalue weighted by atomic mass is 32.2. The van der Waals surface area contributed by atoms with E-state index in [-0.39, 0.29) is 11.0 Å². The van der Waals surface area contributed by atoms with E-state index in [4.69, 9.17) is 0 Å². The maximum Gasteiger partial charge on any atom is 0.390 e. The minimum absolute atomic E-state index is 0.00971. The maximum atomic E-state index is 13.1. The Morgan fingerprint density at radius 2 is 1.86 bits per heavy atom. The van der Waals surface area contributed by atoms with Crippen molar-refractivity contribution in [3.63, 3.8) is 0 Å². The summed E-state index contributed by atoms with van der Waals surface area (Å²) >= 11 is 0.847. The zero-order chi connectivity index (χ0) is 26.1. The molecule has 3 aromatic rings. The highest BCUT2D eigenvalue weighted by Gasteiger charge is 2.40. The number of hydrogen-bond donors (Lipinski definition) is 2. The smallest absolute Gasteiger partial charge is 0.352 e. The lowest BCUT2D eigenvalue weighted by Gasteiger charge is -2.16. The Kier molecular flexibility index (Phi) is 7.27. The van der Waals surface area contributed by atoms with Crippen LogP contribution in [0.15, 0.2) is 36.5 Å². The lowest BCUT2D eigenvalue weighted by atomic mass is 10.1. The molecule has 0 bridgehead atoms. The fourth-order valence-electron chi connectivity index (χ4n) is 3.35. The van der Waals surface area contributed by atoms with E-state index < -0.39 is 57.7 Å². The van der Waals surface area contributed by atoms with Crippen molar-refractivity contribution >= 4 is 43.2 Å². The Bertz CT molecular complexity index is 1390. The fraction of sp³-hybridized carbons (Fsp3) is 0.364. The highest BCUT2D eigenvalue weighted by Crippen LogP contribution is 2.35. The van der Waals surface area contributed by atoms with Gasteiger partial charge in [0.15, 0.2) is 15.1 Å². The van der Waals surface area contributed by atoms with E-state index in [1.807, 2.05) is 0 Å². The van der Waals surface area contributed by atoms with E-state index in [9.17, 15) is 35.6 Å². The molecule has 0 saturated heterocycles. The standard InChI is InChI=1S/C22H20F4N4O4S2/c23-17-6-2-13(10-27-17)12-1-5-16-15(9-12)30-21(35-16)19(36(33,34)8-7-22(24,25)26)20(32)28-11-18(31)29-14-3-4-14/h1-2,5-6,9-10,14,19H,3-4,7-8,11H2,(H,28,32)(H,29,31). The van der Waals surface area contributed by atoms with Crippen LogP contribution in [0.1, 0.15) is 29.5 Å². The van der Waals surface area contributed by atoms with Crippen molar-refractivity contribution in [3.8, 4) is 11.1 Å². The number of fused-ring (bicyclic) bond motifs is 1. The first-order chi connectivity index (χ1) is 16.9. The van der Waals surface area contributed by atoms with Crippen LogP contribution in [0.5, 0.6) is 0 Å². The lowest BCUT2D eigenvalue weighted by Crippen LogP contribution is -2.41. The quantitative estimate of drug-likeness (QED) is 0.315. The molecule has 8 nitrogen and oxygen atoms in total. The number of amides is 2. The van der Waals surface area contributed by atoms with Gasteiger partial charge < -0.3 is 10.6 Å². The number of nitrogens with one attached hydrogen (secondary N) is 2. The van der Waals surface area contributed by atoms with Gasteiger partial charge in [0.2, 0.25) is 17.8 Å².